The van der Waals surface area contributed by atoms with Crippen LogP contribution in [0.3, 0.4) is 0 Å². The van der Waals surface area contributed by atoms with Crippen molar-refractivity contribution in [3.05, 3.63) is 93.1 Å². The van der Waals surface area contributed by atoms with Gasteiger partial charge >= 0.3 is 0 Å². The fourth-order valence-corrected chi connectivity index (χ4v) is 5.48. The molecule has 0 spiro atoms. The largest absolute Gasteiger partial charge is 0.394 e. The number of nitrogens with one attached hydrogen (secondary N) is 1. The second-order valence-corrected chi connectivity index (χ2v) is 11.8. The molecule has 3 rings (SSSR count). The summed E-state index contributed by atoms with van der Waals surface area (Å²) < 4.78 is 0. The highest BCUT2D eigenvalue weighted by atomic mass is 16.6. The van der Waals surface area contributed by atoms with Gasteiger partial charge in [-0.2, -0.15) is 0 Å². The summed E-state index contributed by atoms with van der Waals surface area (Å²) in [6.45, 7) is 12.1. The summed E-state index contributed by atoms with van der Waals surface area (Å²) in [7, 11) is 0. The minimum absolute atomic E-state index is 0.0276. The quantitative estimate of drug-likeness (QED) is 0.170. The standard InChI is InChI=1S/C33H44N4O5/c1-24(11-16-29-26(3)10-7-17-33(29,4)5)8-6-9-25(2)22-31(39)34-30(23-38)32(40)36-20-18-35(19-21-36)27-12-14-28(15-13-27)37(41)42/h6,8-9,11-16,22,30,38H,7,10,17-21,23H2,1-5H3,(H,34,39)/t30-/m0/s1. The van der Waals surface area contributed by atoms with Crippen LogP contribution in [-0.4, -0.2) is 65.6 Å². The van der Waals surface area contributed by atoms with Crippen LogP contribution in [0.5, 0.6) is 0 Å². The Morgan fingerprint density at radius 1 is 1.10 bits per heavy atom. The van der Waals surface area contributed by atoms with Gasteiger partial charge in [0.25, 0.3) is 5.69 Å². The molecule has 2 N–H and O–H groups in total. The Balaban J connectivity index is 1.51. The van der Waals surface area contributed by atoms with Crippen molar-refractivity contribution in [1.82, 2.24) is 10.2 Å². The third kappa shape index (κ3) is 9.01. The maximum Gasteiger partial charge on any atom is 0.269 e. The number of hydrogen-bond donors (Lipinski definition) is 2. The van der Waals surface area contributed by atoms with Gasteiger partial charge in [-0.3, -0.25) is 19.7 Å². The predicted molar refractivity (Wildman–Crippen MR) is 167 cm³/mol. The molecule has 0 aromatic heterocycles. The average molecular weight is 577 g/mol. The highest BCUT2D eigenvalue weighted by Crippen LogP contribution is 2.40. The summed E-state index contributed by atoms with van der Waals surface area (Å²) >= 11 is 0. The maximum atomic E-state index is 13.0. The van der Waals surface area contributed by atoms with E-state index in [1.54, 1.807) is 24.0 Å². The summed E-state index contributed by atoms with van der Waals surface area (Å²) in [4.78, 5) is 39.7. The van der Waals surface area contributed by atoms with E-state index in [4.69, 9.17) is 0 Å². The topological polar surface area (TPSA) is 116 Å². The van der Waals surface area contributed by atoms with Crippen LogP contribution >= 0.6 is 0 Å². The molecule has 9 nitrogen and oxygen atoms in total. The van der Waals surface area contributed by atoms with Crippen LogP contribution < -0.4 is 10.2 Å². The smallest absolute Gasteiger partial charge is 0.269 e. The predicted octanol–water partition coefficient (Wildman–Crippen LogP) is 5.25. The number of anilines is 1. The summed E-state index contributed by atoms with van der Waals surface area (Å²) in [6, 6.07) is 5.27. The summed E-state index contributed by atoms with van der Waals surface area (Å²) in [5.41, 5.74) is 5.75. The molecule has 1 aliphatic heterocycles. The van der Waals surface area contributed by atoms with Gasteiger partial charge < -0.3 is 20.2 Å². The van der Waals surface area contributed by atoms with Crippen LogP contribution in [0.25, 0.3) is 0 Å². The first-order chi connectivity index (χ1) is 19.9. The number of allylic oxidation sites excluding steroid dienone is 9. The van der Waals surface area contributed by atoms with Crippen LogP contribution in [0.4, 0.5) is 11.4 Å². The number of hydrogen-bond acceptors (Lipinski definition) is 6. The molecule has 1 fully saturated rings. The number of aliphatic hydroxyl groups excluding tert-OH is 1. The number of carbonyl (C=O) groups is 2. The van der Waals surface area contributed by atoms with E-state index < -0.39 is 23.5 Å². The lowest BCUT2D eigenvalue weighted by Gasteiger charge is -2.37. The van der Waals surface area contributed by atoms with E-state index in [9.17, 15) is 24.8 Å². The minimum atomic E-state index is -1.04. The van der Waals surface area contributed by atoms with Gasteiger partial charge in [0.15, 0.2) is 0 Å². The van der Waals surface area contributed by atoms with Crippen LogP contribution in [0, 0.1) is 15.5 Å². The van der Waals surface area contributed by atoms with Gasteiger partial charge in [-0.1, -0.05) is 55.4 Å². The molecular formula is C33H44N4O5. The molecule has 1 atom stereocenters. The molecule has 2 amide bonds. The normalized spacial score (nSPS) is 19.0. The van der Waals surface area contributed by atoms with Crippen molar-refractivity contribution in [1.29, 1.82) is 0 Å². The highest BCUT2D eigenvalue weighted by molar-refractivity contribution is 5.93. The second-order valence-electron chi connectivity index (χ2n) is 11.8. The van der Waals surface area contributed by atoms with Gasteiger partial charge in [0.2, 0.25) is 11.8 Å². The Hall–Kier alpha value is -3.98. The number of nitro benzene ring substituents is 1. The van der Waals surface area contributed by atoms with Gasteiger partial charge in [0, 0.05) is 50.1 Å². The van der Waals surface area contributed by atoms with Crippen molar-refractivity contribution in [3.8, 4) is 0 Å². The molecule has 1 saturated heterocycles. The first-order valence-corrected chi connectivity index (χ1v) is 14.5. The monoisotopic (exact) mass is 576 g/mol. The third-order valence-electron chi connectivity index (χ3n) is 7.95. The zero-order valence-corrected chi connectivity index (χ0v) is 25.4. The molecule has 42 heavy (non-hydrogen) atoms. The molecule has 2 aliphatic rings. The van der Waals surface area contributed by atoms with Crippen molar-refractivity contribution in [3.63, 3.8) is 0 Å². The van der Waals surface area contributed by atoms with E-state index in [-0.39, 0.29) is 17.0 Å². The van der Waals surface area contributed by atoms with Gasteiger partial charge in [0.1, 0.15) is 6.04 Å². The van der Waals surface area contributed by atoms with Crippen molar-refractivity contribution >= 4 is 23.2 Å². The van der Waals surface area contributed by atoms with Crippen LogP contribution in [-0.2, 0) is 9.59 Å². The lowest BCUT2D eigenvalue weighted by molar-refractivity contribution is -0.384. The van der Waals surface area contributed by atoms with Crippen molar-refractivity contribution in [2.24, 2.45) is 5.41 Å². The number of nitrogens with zero attached hydrogens (tertiary/aromatic N) is 3. The molecule has 1 aromatic rings. The summed E-state index contributed by atoms with van der Waals surface area (Å²) in [6.07, 6.45) is 15.1. The van der Waals surface area contributed by atoms with E-state index in [0.29, 0.717) is 31.8 Å². The Bertz CT molecular complexity index is 1300. The number of amides is 2. The number of nitro groups is 1. The Morgan fingerprint density at radius 3 is 2.36 bits per heavy atom. The fraction of sp³-hybridized carbons (Fsp3) is 0.455. The zero-order valence-electron chi connectivity index (χ0n) is 25.4. The molecule has 0 unspecified atom stereocenters. The van der Waals surface area contributed by atoms with E-state index in [1.807, 2.05) is 30.1 Å². The van der Waals surface area contributed by atoms with Crippen molar-refractivity contribution in [2.45, 2.75) is 59.9 Å². The van der Waals surface area contributed by atoms with Crippen LogP contribution in [0.2, 0.25) is 0 Å². The average Bonchev–Trinajstić information content (AvgIpc) is 2.95. The Kier molecular flexibility index (Phi) is 11.4. The number of carbonyl (C=O) groups excluding carboxylic acids is 2. The van der Waals surface area contributed by atoms with E-state index >= 15 is 0 Å². The second kappa shape index (κ2) is 14.8. The molecule has 226 valence electrons. The first-order valence-electron chi connectivity index (χ1n) is 14.5. The SMILES string of the molecule is CC(C=CC1=C(C)CCCC1(C)C)=CC=CC(C)=CC(=O)N[C@@H](CO)C(=O)N1CCN(c2ccc([N+](=O)[O-])cc2)CC1. The number of non-ortho nitro benzene ring substituents is 1. The molecular weight excluding hydrogens is 532 g/mol. The lowest BCUT2D eigenvalue weighted by Crippen LogP contribution is -2.56. The molecule has 1 heterocycles. The summed E-state index contributed by atoms with van der Waals surface area (Å²) in [5, 5.41) is 23.3. The van der Waals surface area contributed by atoms with Gasteiger partial charge in [-0.15, -0.1) is 0 Å². The highest BCUT2D eigenvalue weighted by Gasteiger charge is 2.28. The minimum Gasteiger partial charge on any atom is -0.394 e. The molecule has 9 heteroatoms. The van der Waals surface area contributed by atoms with Gasteiger partial charge in [0.05, 0.1) is 11.5 Å². The number of piperazine rings is 1. The fourth-order valence-electron chi connectivity index (χ4n) is 5.48. The van der Waals surface area contributed by atoms with Crippen LogP contribution in [0.1, 0.15) is 53.9 Å². The molecule has 0 bridgehead atoms. The first kappa shape index (κ1) is 32.5. The van der Waals surface area contributed by atoms with Crippen LogP contribution in [0.15, 0.2) is 83.0 Å². The third-order valence-corrected chi connectivity index (χ3v) is 7.95. The van der Waals surface area contributed by atoms with Crippen molar-refractivity contribution in [2.75, 3.05) is 37.7 Å². The van der Waals surface area contributed by atoms with Gasteiger partial charge in [-0.25, -0.2) is 0 Å². The zero-order chi connectivity index (χ0) is 30.9. The van der Waals surface area contributed by atoms with Gasteiger partial charge in [-0.05, 0) is 68.7 Å². The molecule has 1 aliphatic carbocycles. The molecule has 0 radical (unpaired) electrons. The molecule has 1 aromatic carbocycles. The Labute approximate surface area is 249 Å². The Morgan fingerprint density at radius 2 is 1.76 bits per heavy atom. The number of aliphatic hydroxyl groups is 1. The van der Waals surface area contributed by atoms with E-state index in [0.717, 1.165) is 17.7 Å². The maximum absolute atomic E-state index is 13.0. The van der Waals surface area contributed by atoms with E-state index in [2.05, 4.69) is 38.2 Å². The summed E-state index contributed by atoms with van der Waals surface area (Å²) in [5.74, 6) is -0.788. The van der Waals surface area contributed by atoms with E-state index in [1.165, 1.54) is 42.2 Å². The molecule has 0 saturated carbocycles. The van der Waals surface area contributed by atoms with Crippen molar-refractivity contribution < 1.29 is 19.6 Å². The number of rotatable bonds is 10. The lowest BCUT2D eigenvalue weighted by atomic mass is 9.72. The number of benzene rings is 1.